The van der Waals surface area contributed by atoms with Crippen LogP contribution in [-0.4, -0.2) is 43.1 Å². The summed E-state index contributed by atoms with van der Waals surface area (Å²) in [6, 6.07) is 28.2. The number of hydrogen-bond acceptors (Lipinski definition) is 4. The number of rotatable bonds is 10. The van der Waals surface area contributed by atoms with Gasteiger partial charge in [0, 0.05) is 25.3 Å². The quantitative estimate of drug-likeness (QED) is 0.330. The van der Waals surface area contributed by atoms with E-state index in [1.807, 2.05) is 24.3 Å². The molecule has 0 atom stereocenters. The van der Waals surface area contributed by atoms with Gasteiger partial charge in [-0.1, -0.05) is 72.8 Å². The van der Waals surface area contributed by atoms with E-state index in [0.717, 1.165) is 45.3 Å². The van der Waals surface area contributed by atoms with Gasteiger partial charge < -0.3 is 20.7 Å². The van der Waals surface area contributed by atoms with Gasteiger partial charge in [0.15, 0.2) is 0 Å². The average molecular weight is 458 g/mol. The van der Waals surface area contributed by atoms with Crippen LogP contribution in [0.4, 0.5) is 5.69 Å². The molecule has 0 aliphatic carbocycles. The number of nitrogens with two attached hydrogens (primary N) is 1. The molecule has 1 heterocycles. The van der Waals surface area contributed by atoms with Gasteiger partial charge in [-0.25, -0.2) is 0 Å². The Bertz CT molecular complexity index is 978. The van der Waals surface area contributed by atoms with Crippen molar-refractivity contribution in [1.29, 1.82) is 0 Å². The van der Waals surface area contributed by atoms with Gasteiger partial charge in [0.05, 0.1) is 11.7 Å². The number of ether oxygens (including phenoxy) is 1. The minimum absolute atomic E-state index is 0.0267. The Morgan fingerprint density at radius 1 is 0.882 bits per heavy atom. The molecule has 5 heteroatoms. The number of piperidine rings is 1. The predicted molar refractivity (Wildman–Crippen MR) is 138 cm³/mol. The molecule has 3 aromatic carbocycles. The molecular formula is C29H35N3O2. The molecule has 0 bridgehead atoms. The zero-order valence-corrected chi connectivity index (χ0v) is 19.7. The van der Waals surface area contributed by atoms with E-state index >= 15 is 0 Å². The second kappa shape index (κ2) is 12.4. The van der Waals surface area contributed by atoms with Crippen LogP contribution in [0, 0.1) is 0 Å². The van der Waals surface area contributed by atoms with Crippen LogP contribution in [0.2, 0.25) is 0 Å². The van der Waals surface area contributed by atoms with Crippen LogP contribution in [0.15, 0.2) is 84.9 Å². The fourth-order valence-corrected chi connectivity index (χ4v) is 4.53. The van der Waals surface area contributed by atoms with E-state index in [1.165, 1.54) is 11.1 Å². The number of carbonyl (C=O) groups excluding carboxylic acids is 1. The third-order valence-corrected chi connectivity index (χ3v) is 6.46. The molecule has 1 fully saturated rings. The lowest BCUT2D eigenvalue weighted by molar-refractivity contribution is -0.0270. The van der Waals surface area contributed by atoms with Crippen molar-refractivity contribution < 1.29 is 9.53 Å². The molecule has 5 nitrogen and oxygen atoms in total. The number of amides is 1. The highest BCUT2D eigenvalue weighted by Gasteiger charge is 2.24. The Balaban J connectivity index is 1.18. The van der Waals surface area contributed by atoms with Gasteiger partial charge in [-0.2, -0.15) is 0 Å². The number of unbranched alkanes of at least 4 members (excludes halogenated alkanes) is 1. The third kappa shape index (κ3) is 6.69. The fourth-order valence-electron chi connectivity index (χ4n) is 4.53. The molecule has 1 aliphatic heterocycles. The normalized spacial score (nSPS) is 14.9. The topological polar surface area (TPSA) is 67.6 Å². The highest BCUT2D eigenvalue weighted by molar-refractivity contribution is 5.99. The molecule has 34 heavy (non-hydrogen) atoms. The first kappa shape index (κ1) is 24.0. The van der Waals surface area contributed by atoms with Crippen molar-refractivity contribution in [1.82, 2.24) is 10.2 Å². The van der Waals surface area contributed by atoms with Crippen LogP contribution < -0.4 is 11.1 Å². The third-order valence-electron chi connectivity index (χ3n) is 6.46. The van der Waals surface area contributed by atoms with Gasteiger partial charge in [-0.3, -0.25) is 4.79 Å². The van der Waals surface area contributed by atoms with Crippen LogP contribution in [-0.2, 0) is 4.74 Å². The first-order valence-electron chi connectivity index (χ1n) is 12.3. The number of nitrogens with one attached hydrogen (secondary N) is 1. The first-order valence-corrected chi connectivity index (χ1v) is 12.3. The van der Waals surface area contributed by atoms with E-state index in [0.29, 0.717) is 17.8 Å². The molecule has 178 valence electrons. The monoisotopic (exact) mass is 457 g/mol. The van der Waals surface area contributed by atoms with Crippen LogP contribution in [0.1, 0.15) is 53.3 Å². The summed E-state index contributed by atoms with van der Waals surface area (Å²) >= 11 is 0. The zero-order valence-electron chi connectivity index (χ0n) is 19.7. The molecule has 1 amide bonds. The molecule has 0 radical (unpaired) electrons. The molecule has 0 saturated carbocycles. The van der Waals surface area contributed by atoms with Crippen LogP contribution in [0.3, 0.4) is 0 Å². The lowest BCUT2D eigenvalue weighted by atomic mass is 10.00. The van der Waals surface area contributed by atoms with Crippen molar-refractivity contribution in [2.24, 2.45) is 0 Å². The number of nitrogen functional groups attached to an aromatic ring is 1. The van der Waals surface area contributed by atoms with E-state index in [1.54, 1.807) is 12.1 Å². The molecule has 0 unspecified atom stereocenters. The Kier molecular flexibility index (Phi) is 8.71. The van der Waals surface area contributed by atoms with E-state index in [4.69, 9.17) is 10.5 Å². The standard InChI is InChI=1S/C29H35N3O2/c30-27-16-8-7-15-26(27)29(33)31-19-9-10-20-32-21-17-25(18-22-32)34-28(23-11-3-1-4-12-23)24-13-5-2-6-14-24/h1-8,11-16,25,28H,9-10,17-22,30H2,(H,31,33). The van der Waals surface area contributed by atoms with Crippen molar-refractivity contribution in [3.05, 3.63) is 102 Å². The summed E-state index contributed by atoms with van der Waals surface area (Å²) in [5.74, 6) is -0.0950. The number of hydrogen-bond donors (Lipinski definition) is 2. The molecule has 1 saturated heterocycles. The Labute approximate surface area is 202 Å². The Hall–Kier alpha value is -3.15. The SMILES string of the molecule is Nc1ccccc1C(=O)NCCCCN1CCC(OC(c2ccccc2)c2ccccc2)CC1. The summed E-state index contributed by atoms with van der Waals surface area (Å²) in [6.07, 6.45) is 4.34. The number of benzene rings is 3. The van der Waals surface area contributed by atoms with Gasteiger partial charge >= 0.3 is 0 Å². The maximum absolute atomic E-state index is 12.2. The molecule has 0 spiro atoms. The van der Waals surface area contributed by atoms with Crippen LogP contribution in [0.5, 0.6) is 0 Å². The van der Waals surface area contributed by atoms with Crippen molar-refractivity contribution in [2.45, 2.75) is 37.9 Å². The lowest BCUT2D eigenvalue weighted by Crippen LogP contribution is -2.38. The summed E-state index contributed by atoms with van der Waals surface area (Å²) in [5, 5.41) is 2.98. The van der Waals surface area contributed by atoms with Gasteiger partial charge in [-0.15, -0.1) is 0 Å². The smallest absolute Gasteiger partial charge is 0.253 e. The van der Waals surface area contributed by atoms with Crippen LogP contribution in [0.25, 0.3) is 0 Å². The summed E-state index contributed by atoms with van der Waals surface area (Å²) in [4.78, 5) is 14.8. The van der Waals surface area contributed by atoms with Crippen molar-refractivity contribution in [2.75, 3.05) is 31.9 Å². The maximum atomic E-state index is 12.2. The zero-order chi connectivity index (χ0) is 23.6. The molecule has 1 aliphatic rings. The number of anilines is 1. The van der Waals surface area contributed by atoms with Gasteiger partial charge in [0.2, 0.25) is 0 Å². The molecular weight excluding hydrogens is 422 g/mol. The van der Waals surface area contributed by atoms with Crippen LogP contribution >= 0.6 is 0 Å². The summed E-state index contributed by atoms with van der Waals surface area (Å²) in [7, 11) is 0. The number of nitrogens with zero attached hydrogens (tertiary/aromatic N) is 1. The summed E-state index contributed by atoms with van der Waals surface area (Å²) < 4.78 is 6.65. The second-order valence-electron chi connectivity index (χ2n) is 8.93. The summed E-state index contributed by atoms with van der Waals surface area (Å²) in [6.45, 7) is 3.82. The number of carbonyl (C=O) groups is 1. The second-order valence-corrected chi connectivity index (χ2v) is 8.93. The van der Waals surface area contributed by atoms with Gasteiger partial charge in [-0.05, 0) is 55.5 Å². The predicted octanol–water partition coefficient (Wildman–Crippen LogP) is 5.05. The average Bonchev–Trinajstić information content (AvgIpc) is 2.89. The van der Waals surface area contributed by atoms with Crippen molar-refractivity contribution in [3.63, 3.8) is 0 Å². The molecule has 0 aromatic heterocycles. The van der Waals surface area contributed by atoms with Crippen molar-refractivity contribution >= 4 is 11.6 Å². The minimum atomic E-state index is -0.0950. The van der Waals surface area contributed by atoms with Gasteiger partial charge in [0.25, 0.3) is 5.91 Å². The number of likely N-dealkylation sites (tertiary alicyclic amines) is 1. The van der Waals surface area contributed by atoms with Crippen molar-refractivity contribution in [3.8, 4) is 0 Å². The van der Waals surface area contributed by atoms with Gasteiger partial charge in [0.1, 0.15) is 6.10 Å². The van der Waals surface area contributed by atoms with E-state index in [9.17, 15) is 4.79 Å². The Morgan fingerprint density at radius 2 is 1.47 bits per heavy atom. The first-order chi connectivity index (χ1) is 16.7. The molecule has 4 rings (SSSR count). The highest BCUT2D eigenvalue weighted by atomic mass is 16.5. The van der Waals surface area contributed by atoms with E-state index in [2.05, 4.69) is 58.7 Å². The largest absolute Gasteiger partial charge is 0.398 e. The Morgan fingerprint density at radius 3 is 2.09 bits per heavy atom. The molecule has 3 N–H and O–H groups in total. The maximum Gasteiger partial charge on any atom is 0.253 e. The number of para-hydroxylation sites is 1. The minimum Gasteiger partial charge on any atom is -0.398 e. The molecule has 3 aromatic rings. The van der Waals surface area contributed by atoms with E-state index in [-0.39, 0.29) is 18.1 Å². The van der Waals surface area contributed by atoms with E-state index < -0.39 is 0 Å². The summed E-state index contributed by atoms with van der Waals surface area (Å²) in [5.41, 5.74) is 9.36. The highest BCUT2D eigenvalue weighted by Crippen LogP contribution is 2.30. The lowest BCUT2D eigenvalue weighted by Gasteiger charge is -2.34. The fraction of sp³-hybridized carbons (Fsp3) is 0.345.